The lowest BCUT2D eigenvalue weighted by atomic mass is 9.89. The lowest BCUT2D eigenvalue weighted by Gasteiger charge is -2.33. The molecule has 0 atom stereocenters. The minimum Gasteiger partial charge on any atom is -0.376 e. The first-order chi connectivity index (χ1) is 14.7. The number of pyridine rings is 1. The molecule has 3 aromatic rings. The standard InChI is InChI=1S/C22H26N6O2/c1-16-12-24-27(13-16)14-21(29)26-9-5-17(6-10-26)22-18-15-30-11-7-19(18)25-28(22)20-4-2-3-8-23-20/h2-4,8,12-13,17H,5-7,9-11,14-15H2,1H3. The van der Waals surface area contributed by atoms with Crippen LogP contribution >= 0.6 is 0 Å². The molecule has 8 heteroatoms. The van der Waals surface area contributed by atoms with Crippen LogP contribution in [0.15, 0.2) is 36.8 Å². The lowest BCUT2D eigenvalue weighted by molar-refractivity contribution is -0.133. The Morgan fingerprint density at radius 3 is 2.87 bits per heavy atom. The molecule has 0 N–H and O–H groups in total. The highest BCUT2D eigenvalue weighted by molar-refractivity contribution is 5.76. The second-order valence-electron chi connectivity index (χ2n) is 8.08. The number of hydrogen-bond donors (Lipinski definition) is 0. The first kappa shape index (κ1) is 19.0. The third-order valence-corrected chi connectivity index (χ3v) is 6.00. The monoisotopic (exact) mass is 406 g/mol. The first-order valence-corrected chi connectivity index (χ1v) is 10.6. The highest BCUT2D eigenvalue weighted by Crippen LogP contribution is 2.35. The molecule has 0 aromatic carbocycles. The number of carbonyl (C=O) groups is 1. The highest BCUT2D eigenvalue weighted by atomic mass is 16.5. The minimum absolute atomic E-state index is 0.125. The van der Waals surface area contributed by atoms with E-state index in [9.17, 15) is 4.79 Å². The Kier molecular flexibility index (Phi) is 5.08. The van der Waals surface area contributed by atoms with E-state index in [-0.39, 0.29) is 5.91 Å². The molecule has 0 radical (unpaired) electrons. The minimum atomic E-state index is 0.125. The molecule has 3 aromatic heterocycles. The van der Waals surface area contributed by atoms with Gasteiger partial charge in [-0.25, -0.2) is 9.67 Å². The summed E-state index contributed by atoms with van der Waals surface area (Å²) in [7, 11) is 0. The van der Waals surface area contributed by atoms with Gasteiger partial charge in [-0.05, 0) is 37.5 Å². The fraction of sp³-hybridized carbons (Fsp3) is 0.455. The molecule has 0 unspecified atom stereocenters. The molecular weight excluding hydrogens is 380 g/mol. The Balaban J connectivity index is 1.34. The predicted octanol–water partition coefficient (Wildman–Crippen LogP) is 2.25. The summed E-state index contributed by atoms with van der Waals surface area (Å²) in [5, 5.41) is 9.13. The molecule has 8 nitrogen and oxygen atoms in total. The normalized spacial score (nSPS) is 17.2. The molecule has 0 spiro atoms. The fourth-order valence-corrected chi connectivity index (χ4v) is 4.48. The van der Waals surface area contributed by atoms with E-state index in [0.717, 1.165) is 49.4 Å². The number of rotatable bonds is 4. The average Bonchev–Trinajstić information content (AvgIpc) is 3.37. The van der Waals surface area contributed by atoms with Crippen molar-refractivity contribution in [3.63, 3.8) is 0 Å². The number of amides is 1. The van der Waals surface area contributed by atoms with Crippen LogP contribution in [-0.2, 0) is 29.1 Å². The van der Waals surface area contributed by atoms with Gasteiger partial charge in [0.05, 0.1) is 30.8 Å². The van der Waals surface area contributed by atoms with Crippen molar-refractivity contribution in [1.29, 1.82) is 0 Å². The van der Waals surface area contributed by atoms with Gasteiger partial charge in [0.1, 0.15) is 6.54 Å². The second-order valence-corrected chi connectivity index (χ2v) is 8.08. The topological polar surface area (TPSA) is 78.1 Å². The summed E-state index contributed by atoms with van der Waals surface area (Å²) >= 11 is 0. The molecule has 2 aliphatic rings. The second kappa shape index (κ2) is 8.02. The molecule has 1 fully saturated rings. The van der Waals surface area contributed by atoms with Crippen molar-refractivity contribution in [3.8, 4) is 5.82 Å². The molecule has 30 heavy (non-hydrogen) atoms. The fourth-order valence-electron chi connectivity index (χ4n) is 4.48. The van der Waals surface area contributed by atoms with E-state index < -0.39 is 0 Å². The van der Waals surface area contributed by atoms with Crippen molar-refractivity contribution in [2.24, 2.45) is 0 Å². The zero-order chi connectivity index (χ0) is 20.5. The van der Waals surface area contributed by atoms with Gasteiger partial charge in [0.15, 0.2) is 5.82 Å². The molecule has 5 heterocycles. The Morgan fingerprint density at radius 2 is 2.13 bits per heavy atom. The number of likely N-dealkylation sites (tertiary alicyclic amines) is 1. The summed E-state index contributed by atoms with van der Waals surface area (Å²) in [4.78, 5) is 19.2. The number of nitrogens with zero attached hydrogens (tertiary/aromatic N) is 6. The summed E-state index contributed by atoms with van der Waals surface area (Å²) in [6.45, 7) is 5.09. The maximum absolute atomic E-state index is 12.7. The summed E-state index contributed by atoms with van der Waals surface area (Å²) in [5.74, 6) is 1.30. The molecule has 5 rings (SSSR count). The third kappa shape index (κ3) is 3.63. The predicted molar refractivity (Wildman–Crippen MR) is 110 cm³/mol. The smallest absolute Gasteiger partial charge is 0.244 e. The van der Waals surface area contributed by atoms with Gasteiger partial charge < -0.3 is 9.64 Å². The van der Waals surface area contributed by atoms with Crippen LogP contribution in [0.2, 0.25) is 0 Å². The van der Waals surface area contributed by atoms with Crippen LogP contribution in [0.25, 0.3) is 5.82 Å². The number of ether oxygens (including phenoxy) is 1. The summed E-state index contributed by atoms with van der Waals surface area (Å²) in [5.41, 5.74) is 4.60. The Bertz CT molecular complexity index is 1030. The maximum atomic E-state index is 12.7. The van der Waals surface area contributed by atoms with Gasteiger partial charge >= 0.3 is 0 Å². The molecule has 0 aliphatic carbocycles. The zero-order valence-corrected chi connectivity index (χ0v) is 17.2. The van der Waals surface area contributed by atoms with E-state index >= 15 is 0 Å². The lowest BCUT2D eigenvalue weighted by Crippen LogP contribution is -2.40. The number of carbonyl (C=O) groups excluding carboxylic acids is 1. The number of fused-ring (bicyclic) bond motifs is 1. The maximum Gasteiger partial charge on any atom is 0.244 e. The molecule has 156 valence electrons. The van der Waals surface area contributed by atoms with Crippen LogP contribution in [0.3, 0.4) is 0 Å². The number of hydrogen-bond acceptors (Lipinski definition) is 5. The van der Waals surface area contributed by atoms with E-state index in [1.807, 2.05) is 40.9 Å². The number of piperidine rings is 1. The summed E-state index contributed by atoms with van der Waals surface area (Å²) in [6, 6.07) is 5.90. The van der Waals surface area contributed by atoms with Crippen molar-refractivity contribution < 1.29 is 9.53 Å². The van der Waals surface area contributed by atoms with Gasteiger partial charge in [-0.3, -0.25) is 9.48 Å². The molecule has 0 saturated carbocycles. The van der Waals surface area contributed by atoms with Gasteiger partial charge in [0.2, 0.25) is 5.91 Å². The SMILES string of the molecule is Cc1cnn(CC(=O)N2CCC(c3c4c(nn3-c3ccccn3)CCOC4)CC2)c1. The van der Waals surface area contributed by atoms with E-state index in [2.05, 4.69) is 10.1 Å². The Morgan fingerprint density at radius 1 is 1.27 bits per heavy atom. The van der Waals surface area contributed by atoms with Crippen LogP contribution in [0.1, 0.15) is 41.3 Å². The van der Waals surface area contributed by atoms with E-state index in [1.165, 1.54) is 11.3 Å². The van der Waals surface area contributed by atoms with Crippen LogP contribution in [0.4, 0.5) is 0 Å². The molecule has 1 amide bonds. The van der Waals surface area contributed by atoms with E-state index in [0.29, 0.717) is 25.7 Å². The number of aromatic nitrogens is 5. The first-order valence-electron chi connectivity index (χ1n) is 10.6. The molecule has 2 aliphatic heterocycles. The van der Waals surface area contributed by atoms with Crippen LogP contribution < -0.4 is 0 Å². The molecular formula is C22H26N6O2. The Labute approximate surface area is 175 Å². The van der Waals surface area contributed by atoms with Crippen molar-refractivity contribution >= 4 is 5.91 Å². The van der Waals surface area contributed by atoms with Gasteiger partial charge in [-0.15, -0.1) is 0 Å². The van der Waals surface area contributed by atoms with Crippen LogP contribution in [0, 0.1) is 6.92 Å². The highest BCUT2D eigenvalue weighted by Gasteiger charge is 2.31. The van der Waals surface area contributed by atoms with Gasteiger partial charge in [0.25, 0.3) is 0 Å². The van der Waals surface area contributed by atoms with Crippen LogP contribution in [-0.4, -0.2) is 55.0 Å². The molecule has 1 saturated heterocycles. The van der Waals surface area contributed by atoms with Crippen molar-refractivity contribution in [2.45, 2.75) is 45.3 Å². The van der Waals surface area contributed by atoms with Gasteiger partial charge in [-0.1, -0.05) is 6.07 Å². The third-order valence-electron chi connectivity index (χ3n) is 6.00. The van der Waals surface area contributed by atoms with Crippen molar-refractivity contribution in [1.82, 2.24) is 29.4 Å². The summed E-state index contributed by atoms with van der Waals surface area (Å²) < 4.78 is 9.48. The average molecular weight is 406 g/mol. The van der Waals surface area contributed by atoms with Gasteiger partial charge in [-0.2, -0.15) is 10.2 Å². The van der Waals surface area contributed by atoms with Crippen LogP contribution in [0.5, 0.6) is 0 Å². The van der Waals surface area contributed by atoms with E-state index in [4.69, 9.17) is 9.84 Å². The zero-order valence-electron chi connectivity index (χ0n) is 17.2. The van der Waals surface area contributed by atoms with Gasteiger partial charge in [0, 0.05) is 43.4 Å². The Hall–Kier alpha value is -3.00. The number of aryl methyl sites for hydroxylation is 1. The quantitative estimate of drug-likeness (QED) is 0.664. The largest absolute Gasteiger partial charge is 0.376 e. The molecule has 0 bridgehead atoms. The van der Waals surface area contributed by atoms with Crippen molar-refractivity contribution in [2.75, 3.05) is 19.7 Å². The van der Waals surface area contributed by atoms with E-state index in [1.54, 1.807) is 17.1 Å². The summed E-state index contributed by atoms with van der Waals surface area (Å²) in [6.07, 6.45) is 8.15. The van der Waals surface area contributed by atoms with Crippen molar-refractivity contribution in [3.05, 3.63) is 59.3 Å².